The van der Waals surface area contributed by atoms with Crippen LogP contribution in [0, 0.1) is 18.3 Å². The van der Waals surface area contributed by atoms with Crippen LogP contribution in [0.2, 0.25) is 0 Å². The molecule has 0 aliphatic rings. The average Bonchev–Trinajstić information content (AvgIpc) is 2.05. The summed E-state index contributed by atoms with van der Waals surface area (Å²) in [5, 5.41) is 8.52. The Morgan fingerprint density at radius 2 is 2.45 bits per heavy atom. The maximum atomic E-state index is 8.52. The van der Waals surface area contributed by atoms with Crippen LogP contribution >= 0.6 is 0 Å². The molecule has 2 heteroatoms. The third-order valence-electron chi connectivity index (χ3n) is 1.48. The molecule has 1 heterocycles. The lowest BCUT2D eigenvalue weighted by atomic mass is 10.1. The largest absolute Gasteiger partial charge is 0.260 e. The highest BCUT2D eigenvalue weighted by Gasteiger charge is 1.96. The average molecular weight is 144 g/mol. The van der Waals surface area contributed by atoms with Gasteiger partial charge in [0.1, 0.15) is 6.07 Å². The molecule has 0 amide bonds. The molecule has 0 unspecified atom stereocenters. The lowest BCUT2D eigenvalue weighted by molar-refractivity contribution is 1.18. The van der Waals surface area contributed by atoms with Gasteiger partial charge in [-0.3, -0.25) is 4.98 Å². The van der Waals surface area contributed by atoms with Gasteiger partial charge in [0.15, 0.2) is 0 Å². The fourth-order valence-corrected chi connectivity index (χ4v) is 0.818. The van der Waals surface area contributed by atoms with Crippen LogP contribution in [0.1, 0.15) is 16.8 Å². The lowest BCUT2D eigenvalue weighted by Gasteiger charge is -1.97. The summed E-state index contributed by atoms with van der Waals surface area (Å²) in [5.41, 5.74) is 2.40. The molecule has 0 spiro atoms. The van der Waals surface area contributed by atoms with Gasteiger partial charge in [-0.15, -0.1) is 0 Å². The van der Waals surface area contributed by atoms with Crippen LogP contribution in [0.15, 0.2) is 18.8 Å². The van der Waals surface area contributed by atoms with E-state index >= 15 is 0 Å². The number of pyridine rings is 1. The zero-order chi connectivity index (χ0) is 8.27. The number of rotatable bonds is 1. The number of aromatic nitrogens is 1. The van der Waals surface area contributed by atoms with E-state index in [0.717, 1.165) is 11.3 Å². The van der Waals surface area contributed by atoms with Crippen molar-refractivity contribution in [1.82, 2.24) is 4.98 Å². The summed E-state index contributed by atoms with van der Waals surface area (Å²) < 4.78 is 0. The van der Waals surface area contributed by atoms with Crippen molar-refractivity contribution in [3.05, 3.63) is 35.7 Å². The summed E-state index contributed by atoms with van der Waals surface area (Å²) in [7, 11) is 0. The fourth-order valence-electron chi connectivity index (χ4n) is 0.818. The van der Waals surface area contributed by atoms with E-state index in [1.54, 1.807) is 18.3 Å². The summed E-state index contributed by atoms with van der Waals surface area (Å²) in [5.74, 6) is 0. The Hall–Kier alpha value is -1.62. The Morgan fingerprint density at radius 1 is 1.73 bits per heavy atom. The normalized spacial score (nSPS) is 8.73. The molecule has 0 aromatic carbocycles. The molecule has 0 aliphatic carbocycles. The van der Waals surface area contributed by atoms with Gasteiger partial charge in [0.2, 0.25) is 0 Å². The van der Waals surface area contributed by atoms with Crippen LogP contribution in [0.4, 0.5) is 0 Å². The zero-order valence-corrected chi connectivity index (χ0v) is 6.33. The van der Waals surface area contributed by atoms with Crippen molar-refractivity contribution in [1.29, 1.82) is 5.26 Å². The molecule has 0 saturated heterocycles. The smallest absolute Gasteiger partial charge is 0.101 e. The van der Waals surface area contributed by atoms with Crippen LogP contribution in [0.5, 0.6) is 0 Å². The first kappa shape index (κ1) is 7.49. The fraction of sp³-hybridized carbons (Fsp3) is 0.111. The van der Waals surface area contributed by atoms with Crippen LogP contribution in [-0.2, 0) is 0 Å². The minimum Gasteiger partial charge on any atom is -0.260 e. The molecule has 11 heavy (non-hydrogen) atoms. The Kier molecular flexibility index (Phi) is 2.03. The predicted octanol–water partition coefficient (Wildman–Crippen LogP) is 1.90. The van der Waals surface area contributed by atoms with Crippen molar-refractivity contribution in [2.45, 2.75) is 6.92 Å². The van der Waals surface area contributed by atoms with Gasteiger partial charge in [-0.2, -0.15) is 5.26 Å². The highest BCUT2D eigenvalue weighted by Crippen LogP contribution is 2.07. The third-order valence-corrected chi connectivity index (χ3v) is 1.48. The standard InChI is InChI=1S/C9H8N2/c1-3-9-4-8(5-10)6-11-7(9)2/h3-4,6H,1H2,2H3. The summed E-state index contributed by atoms with van der Waals surface area (Å²) in [6.45, 7) is 5.50. The van der Waals surface area contributed by atoms with Gasteiger partial charge < -0.3 is 0 Å². The molecule has 0 bridgehead atoms. The number of aryl methyl sites for hydroxylation is 1. The SMILES string of the molecule is C=Cc1cc(C#N)cnc1C. The third kappa shape index (κ3) is 1.44. The van der Waals surface area contributed by atoms with Gasteiger partial charge in [-0.05, 0) is 18.6 Å². The van der Waals surface area contributed by atoms with Gasteiger partial charge in [0.05, 0.1) is 5.56 Å². The highest BCUT2D eigenvalue weighted by molar-refractivity contribution is 5.51. The molecular formula is C9H8N2. The second-order valence-electron chi connectivity index (χ2n) is 2.21. The second-order valence-corrected chi connectivity index (χ2v) is 2.21. The van der Waals surface area contributed by atoms with E-state index in [-0.39, 0.29) is 0 Å². The van der Waals surface area contributed by atoms with Crippen molar-refractivity contribution in [2.24, 2.45) is 0 Å². The Morgan fingerprint density at radius 3 is 3.00 bits per heavy atom. The molecule has 0 aliphatic heterocycles. The van der Waals surface area contributed by atoms with Gasteiger partial charge in [0.25, 0.3) is 0 Å². The van der Waals surface area contributed by atoms with Crippen LogP contribution < -0.4 is 0 Å². The molecule has 0 saturated carbocycles. The maximum Gasteiger partial charge on any atom is 0.101 e. The molecule has 1 rings (SSSR count). The molecule has 1 aromatic rings. The quantitative estimate of drug-likeness (QED) is 0.603. The monoisotopic (exact) mass is 144 g/mol. The molecule has 0 atom stereocenters. The number of nitrogens with zero attached hydrogens (tertiary/aromatic N) is 2. The van der Waals surface area contributed by atoms with E-state index in [1.807, 2.05) is 13.0 Å². The van der Waals surface area contributed by atoms with Crippen molar-refractivity contribution >= 4 is 6.08 Å². The van der Waals surface area contributed by atoms with Crippen molar-refractivity contribution in [3.63, 3.8) is 0 Å². The van der Waals surface area contributed by atoms with Gasteiger partial charge in [0, 0.05) is 11.9 Å². The molecule has 2 nitrogen and oxygen atoms in total. The summed E-state index contributed by atoms with van der Waals surface area (Å²) in [6, 6.07) is 3.79. The van der Waals surface area contributed by atoms with E-state index in [1.165, 1.54) is 0 Å². The summed E-state index contributed by atoms with van der Waals surface area (Å²) >= 11 is 0. The van der Waals surface area contributed by atoms with Crippen molar-refractivity contribution in [2.75, 3.05) is 0 Å². The molecule has 54 valence electrons. The molecular weight excluding hydrogens is 136 g/mol. The summed E-state index contributed by atoms with van der Waals surface area (Å²) in [6.07, 6.45) is 3.26. The van der Waals surface area contributed by atoms with Crippen LogP contribution in [0.25, 0.3) is 6.08 Å². The van der Waals surface area contributed by atoms with E-state index in [9.17, 15) is 0 Å². The Balaban J connectivity index is 3.25. The zero-order valence-electron chi connectivity index (χ0n) is 6.33. The predicted molar refractivity (Wildman–Crippen MR) is 43.8 cm³/mol. The van der Waals surface area contributed by atoms with Crippen molar-refractivity contribution in [3.8, 4) is 6.07 Å². The van der Waals surface area contributed by atoms with Crippen LogP contribution in [-0.4, -0.2) is 4.98 Å². The first-order chi connectivity index (χ1) is 5.27. The second kappa shape index (κ2) is 2.98. The van der Waals surface area contributed by atoms with E-state index in [0.29, 0.717) is 5.56 Å². The van der Waals surface area contributed by atoms with Gasteiger partial charge in [-0.1, -0.05) is 12.7 Å². The Labute approximate surface area is 65.8 Å². The molecule has 0 N–H and O–H groups in total. The van der Waals surface area contributed by atoms with E-state index < -0.39 is 0 Å². The lowest BCUT2D eigenvalue weighted by Crippen LogP contribution is -1.87. The van der Waals surface area contributed by atoms with Crippen LogP contribution in [0.3, 0.4) is 0 Å². The minimum atomic E-state index is 0.575. The number of nitriles is 1. The molecule has 0 radical (unpaired) electrons. The highest BCUT2D eigenvalue weighted by atomic mass is 14.7. The van der Waals surface area contributed by atoms with Gasteiger partial charge in [-0.25, -0.2) is 0 Å². The Bertz CT molecular complexity index is 321. The van der Waals surface area contributed by atoms with E-state index in [4.69, 9.17) is 5.26 Å². The number of hydrogen-bond acceptors (Lipinski definition) is 2. The minimum absolute atomic E-state index is 0.575. The topological polar surface area (TPSA) is 36.7 Å². The maximum absolute atomic E-state index is 8.52. The molecule has 1 aromatic heterocycles. The van der Waals surface area contributed by atoms with Gasteiger partial charge >= 0.3 is 0 Å². The first-order valence-electron chi connectivity index (χ1n) is 3.27. The first-order valence-corrected chi connectivity index (χ1v) is 3.27. The number of hydrogen-bond donors (Lipinski definition) is 0. The molecule has 0 fully saturated rings. The van der Waals surface area contributed by atoms with Crippen molar-refractivity contribution < 1.29 is 0 Å². The van der Waals surface area contributed by atoms with E-state index in [2.05, 4.69) is 11.6 Å². The summed E-state index contributed by atoms with van der Waals surface area (Å²) in [4.78, 5) is 4.03.